The van der Waals surface area contributed by atoms with Crippen molar-refractivity contribution in [2.45, 2.75) is 17.7 Å². The number of ether oxygens (including phenoxy) is 1. The minimum absolute atomic E-state index is 0.104. The first-order valence-electron chi connectivity index (χ1n) is 9.72. The van der Waals surface area contributed by atoms with Gasteiger partial charge in [0.05, 0.1) is 10.6 Å². The van der Waals surface area contributed by atoms with Gasteiger partial charge in [0.2, 0.25) is 0 Å². The van der Waals surface area contributed by atoms with E-state index in [1.807, 2.05) is 0 Å². The maximum Gasteiger partial charge on any atom is 0.274 e. The maximum absolute atomic E-state index is 12.6. The van der Waals surface area contributed by atoms with Gasteiger partial charge in [0.1, 0.15) is 5.52 Å². The van der Waals surface area contributed by atoms with Gasteiger partial charge in [-0.2, -0.15) is 0 Å². The van der Waals surface area contributed by atoms with Gasteiger partial charge in [0, 0.05) is 48.8 Å². The zero-order valence-corrected chi connectivity index (χ0v) is 17.5. The Kier molecular flexibility index (Phi) is 4.08. The number of carbonyl (C=O) groups is 1. The predicted molar refractivity (Wildman–Crippen MR) is 113 cm³/mol. The quantitative estimate of drug-likeness (QED) is 0.687. The third-order valence-electron chi connectivity index (χ3n) is 5.72. The van der Waals surface area contributed by atoms with Crippen LogP contribution in [0.1, 0.15) is 12.8 Å². The molecule has 0 saturated heterocycles. The Morgan fingerprint density at radius 2 is 1.97 bits per heavy atom. The van der Waals surface area contributed by atoms with Crippen molar-refractivity contribution >= 4 is 32.3 Å². The van der Waals surface area contributed by atoms with E-state index in [9.17, 15) is 18.0 Å². The van der Waals surface area contributed by atoms with Crippen LogP contribution in [0.3, 0.4) is 0 Å². The summed E-state index contributed by atoms with van der Waals surface area (Å²) >= 11 is 0. The fourth-order valence-electron chi connectivity index (χ4n) is 3.94. The Morgan fingerprint density at radius 3 is 2.67 bits per heavy atom. The standard InChI is InChI=1S/C21H21N3O5S/c1-23-10-16(14-5-6-22-19(14)21(23)26)15-7-13(30(2,27)28)8-17-20(15)29-11-18(25)24(17)9-12-3-4-12/h5-8,10,12,22H,3-4,9,11H2,1-2H3. The second kappa shape index (κ2) is 6.46. The highest BCUT2D eigenvalue weighted by Gasteiger charge is 2.34. The summed E-state index contributed by atoms with van der Waals surface area (Å²) in [5.74, 6) is 0.709. The molecule has 1 aliphatic heterocycles. The fraction of sp³-hybridized carbons (Fsp3) is 0.333. The first-order chi connectivity index (χ1) is 14.2. The van der Waals surface area contributed by atoms with E-state index in [1.54, 1.807) is 36.5 Å². The van der Waals surface area contributed by atoms with Gasteiger partial charge in [-0.3, -0.25) is 9.59 Å². The average molecular weight is 427 g/mol. The molecule has 9 heteroatoms. The minimum Gasteiger partial charge on any atom is -0.481 e. The number of nitrogens with zero attached hydrogens (tertiary/aromatic N) is 2. The van der Waals surface area contributed by atoms with Crippen LogP contribution in [0.5, 0.6) is 5.75 Å². The molecule has 1 aliphatic carbocycles. The number of sulfone groups is 1. The summed E-state index contributed by atoms with van der Waals surface area (Å²) in [5.41, 5.74) is 1.92. The first kappa shape index (κ1) is 18.9. The third kappa shape index (κ3) is 3.00. The molecule has 0 radical (unpaired) electrons. The summed E-state index contributed by atoms with van der Waals surface area (Å²) < 4.78 is 32.2. The molecule has 3 aromatic rings. The molecular weight excluding hydrogens is 406 g/mol. The SMILES string of the molecule is Cn1cc(-c2cc(S(C)(=O)=O)cc3c2OCC(=O)N3CC2CC2)c2cc[nH]c2c1=O. The van der Waals surface area contributed by atoms with Crippen LogP contribution in [0.15, 0.2) is 40.3 Å². The molecule has 1 amide bonds. The van der Waals surface area contributed by atoms with Crippen LogP contribution in [0.4, 0.5) is 5.69 Å². The lowest BCUT2D eigenvalue weighted by atomic mass is 10.0. The molecule has 1 fully saturated rings. The predicted octanol–water partition coefficient (Wildman–Crippen LogP) is 2.07. The Balaban J connectivity index is 1.82. The largest absolute Gasteiger partial charge is 0.481 e. The summed E-state index contributed by atoms with van der Waals surface area (Å²) in [4.78, 5) is 29.8. The molecule has 0 bridgehead atoms. The van der Waals surface area contributed by atoms with Gasteiger partial charge in [0.25, 0.3) is 11.5 Å². The number of rotatable bonds is 4. The second-order valence-electron chi connectivity index (χ2n) is 8.05. The van der Waals surface area contributed by atoms with Crippen LogP contribution < -0.4 is 15.2 Å². The molecule has 5 rings (SSSR count). The summed E-state index contributed by atoms with van der Waals surface area (Å²) in [6, 6.07) is 4.86. The molecule has 0 spiro atoms. The Hall–Kier alpha value is -3.07. The molecule has 8 nitrogen and oxygen atoms in total. The third-order valence-corrected chi connectivity index (χ3v) is 6.82. The molecule has 3 heterocycles. The normalized spacial score (nSPS) is 16.6. The lowest BCUT2D eigenvalue weighted by molar-refractivity contribution is -0.121. The van der Waals surface area contributed by atoms with Crippen molar-refractivity contribution in [2.24, 2.45) is 13.0 Å². The van der Waals surface area contributed by atoms with E-state index in [4.69, 9.17) is 4.74 Å². The summed E-state index contributed by atoms with van der Waals surface area (Å²) in [6.45, 7) is 0.446. The molecule has 1 saturated carbocycles. The Bertz CT molecular complexity index is 1370. The van der Waals surface area contributed by atoms with Gasteiger partial charge in [0.15, 0.2) is 22.2 Å². The van der Waals surface area contributed by atoms with Crippen molar-refractivity contribution in [3.63, 3.8) is 0 Å². The van der Waals surface area contributed by atoms with Crippen LogP contribution in [0, 0.1) is 5.92 Å². The minimum atomic E-state index is -3.55. The molecule has 2 aliphatic rings. The number of hydrogen-bond donors (Lipinski definition) is 1. The Morgan fingerprint density at radius 1 is 1.20 bits per heavy atom. The molecule has 1 N–H and O–H groups in total. The fourth-order valence-corrected chi connectivity index (χ4v) is 4.60. The van der Waals surface area contributed by atoms with E-state index >= 15 is 0 Å². The van der Waals surface area contributed by atoms with E-state index in [1.165, 1.54) is 10.6 Å². The Labute approximate surface area is 173 Å². The van der Waals surface area contributed by atoms with Crippen LogP contribution >= 0.6 is 0 Å². The molecule has 1 aromatic carbocycles. The zero-order chi connectivity index (χ0) is 21.2. The second-order valence-corrected chi connectivity index (χ2v) is 10.1. The van der Waals surface area contributed by atoms with Gasteiger partial charge in [-0.05, 0) is 37.0 Å². The molecule has 0 atom stereocenters. The van der Waals surface area contributed by atoms with Gasteiger partial charge in [-0.15, -0.1) is 0 Å². The van der Waals surface area contributed by atoms with Crippen LogP contribution in [-0.2, 0) is 21.7 Å². The number of anilines is 1. The molecule has 2 aromatic heterocycles. The zero-order valence-electron chi connectivity index (χ0n) is 16.6. The number of amides is 1. The van der Waals surface area contributed by atoms with Crippen molar-refractivity contribution in [2.75, 3.05) is 24.3 Å². The van der Waals surface area contributed by atoms with Crippen LogP contribution in [0.2, 0.25) is 0 Å². The highest BCUT2D eigenvalue weighted by Crippen LogP contribution is 2.45. The van der Waals surface area contributed by atoms with E-state index in [0.717, 1.165) is 19.1 Å². The van der Waals surface area contributed by atoms with Crippen molar-refractivity contribution in [3.05, 3.63) is 40.9 Å². The smallest absolute Gasteiger partial charge is 0.274 e. The highest BCUT2D eigenvalue weighted by molar-refractivity contribution is 7.90. The number of aromatic nitrogens is 2. The van der Waals surface area contributed by atoms with Crippen molar-refractivity contribution < 1.29 is 17.9 Å². The van der Waals surface area contributed by atoms with Gasteiger partial charge in [-0.1, -0.05) is 0 Å². The van der Waals surface area contributed by atoms with E-state index in [0.29, 0.717) is 45.9 Å². The number of fused-ring (bicyclic) bond motifs is 2. The number of H-pyrrole nitrogens is 1. The molecule has 30 heavy (non-hydrogen) atoms. The number of nitrogens with one attached hydrogen (secondary N) is 1. The van der Waals surface area contributed by atoms with Crippen molar-refractivity contribution in [1.82, 2.24) is 9.55 Å². The average Bonchev–Trinajstić information content (AvgIpc) is 3.38. The van der Waals surface area contributed by atoms with E-state index in [2.05, 4.69) is 4.98 Å². The number of aromatic amines is 1. The van der Waals surface area contributed by atoms with Gasteiger partial charge >= 0.3 is 0 Å². The summed E-state index contributed by atoms with van der Waals surface area (Å²) in [6.07, 6.45) is 6.60. The number of benzene rings is 1. The molecule has 156 valence electrons. The highest BCUT2D eigenvalue weighted by atomic mass is 32.2. The summed E-state index contributed by atoms with van der Waals surface area (Å²) in [7, 11) is -1.91. The molecule has 0 unspecified atom stereocenters. The van der Waals surface area contributed by atoms with Crippen molar-refractivity contribution in [3.8, 4) is 16.9 Å². The lowest BCUT2D eigenvalue weighted by Gasteiger charge is -2.31. The van der Waals surface area contributed by atoms with E-state index in [-0.39, 0.29) is 23.0 Å². The number of aryl methyl sites for hydroxylation is 1. The van der Waals surface area contributed by atoms with Gasteiger partial charge in [-0.25, -0.2) is 8.42 Å². The van der Waals surface area contributed by atoms with E-state index < -0.39 is 9.84 Å². The first-order valence-corrected chi connectivity index (χ1v) is 11.6. The summed E-state index contributed by atoms with van der Waals surface area (Å²) in [5, 5.41) is 0.667. The van der Waals surface area contributed by atoms with Crippen LogP contribution in [-0.4, -0.2) is 43.3 Å². The maximum atomic E-state index is 12.6. The number of pyridine rings is 1. The van der Waals surface area contributed by atoms with Gasteiger partial charge < -0.3 is 19.2 Å². The van der Waals surface area contributed by atoms with Crippen LogP contribution in [0.25, 0.3) is 22.0 Å². The molecular formula is C21H21N3O5S. The van der Waals surface area contributed by atoms with Crippen molar-refractivity contribution in [1.29, 1.82) is 0 Å². The monoisotopic (exact) mass is 427 g/mol. The lowest BCUT2D eigenvalue weighted by Crippen LogP contribution is -2.40. The number of carbonyl (C=O) groups excluding carboxylic acids is 1. The number of hydrogen-bond acceptors (Lipinski definition) is 5. The topological polar surface area (TPSA) is 101 Å².